The van der Waals surface area contributed by atoms with Gasteiger partial charge in [0.2, 0.25) is 5.91 Å². The Balaban J connectivity index is 1.58. The van der Waals surface area contributed by atoms with E-state index in [2.05, 4.69) is 20.6 Å². The number of nitrogens with one attached hydrogen (secondary N) is 2. The number of morpholine rings is 1. The highest BCUT2D eigenvalue weighted by Crippen LogP contribution is 2.20. The predicted molar refractivity (Wildman–Crippen MR) is 104 cm³/mol. The summed E-state index contributed by atoms with van der Waals surface area (Å²) in [7, 11) is 0. The van der Waals surface area contributed by atoms with Crippen molar-refractivity contribution in [2.24, 2.45) is 0 Å². The van der Waals surface area contributed by atoms with Crippen LogP contribution in [0.2, 0.25) is 0 Å². The minimum absolute atomic E-state index is 0.0204. The van der Waals surface area contributed by atoms with E-state index in [1.807, 2.05) is 34.6 Å². The van der Waals surface area contributed by atoms with Crippen LogP contribution < -0.4 is 5.32 Å². The molecule has 0 spiro atoms. The number of hydrogen-bond acceptors (Lipinski definition) is 5. The van der Waals surface area contributed by atoms with Crippen molar-refractivity contribution in [3.63, 3.8) is 0 Å². The number of aromatic amines is 1. The highest BCUT2D eigenvalue weighted by molar-refractivity contribution is 6.02. The summed E-state index contributed by atoms with van der Waals surface area (Å²) in [6.45, 7) is 11.3. The lowest BCUT2D eigenvalue weighted by atomic mass is 9.92. The average Bonchev–Trinajstić information content (AvgIpc) is 3.23. The number of rotatable bonds is 4. The number of ether oxygens (including phenoxy) is 1. The van der Waals surface area contributed by atoms with Gasteiger partial charge in [0.05, 0.1) is 24.1 Å². The predicted octanol–water partition coefficient (Wildman–Crippen LogP) is 1.79. The van der Waals surface area contributed by atoms with Gasteiger partial charge in [-0.3, -0.25) is 19.4 Å². The van der Waals surface area contributed by atoms with Crippen molar-refractivity contribution in [1.29, 1.82) is 0 Å². The largest absolute Gasteiger partial charge is 0.372 e. The van der Waals surface area contributed by atoms with Crippen LogP contribution in [0.5, 0.6) is 0 Å². The molecule has 1 fully saturated rings. The summed E-state index contributed by atoms with van der Waals surface area (Å²) in [4.78, 5) is 26.7. The number of carbonyl (C=O) groups excluding carboxylic acids is 2. The minimum atomic E-state index is -0.326. The second-order valence-corrected chi connectivity index (χ2v) is 8.35. The van der Waals surface area contributed by atoms with E-state index in [4.69, 9.17) is 4.74 Å². The van der Waals surface area contributed by atoms with Gasteiger partial charge in [0, 0.05) is 30.4 Å². The Hall–Kier alpha value is -2.68. The second-order valence-electron chi connectivity index (χ2n) is 8.35. The van der Waals surface area contributed by atoms with Crippen molar-refractivity contribution in [3.05, 3.63) is 29.8 Å². The van der Waals surface area contributed by atoms with E-state index in [9.17, 15) is 9.59 Å². The summed E-state index contributed by atoms with van der Waals surface area (Å²) in [5, 5.41) is 13.9. The van der Waals surface area contributed by atoms with Crippen LogP contribution >= 0.6 is 0 Å². The molecule has 0 radical (unpaired) electrons. The van der Waals surface area contributed by atoms with Gasteiger partial charge in [-0.25, -0.2) is 0 Å². The van der Waals surface area contributed by atoms with Crippen molar-refractivity contribution >= 4 is 17.5 Å². The zero-order chi connectivity index (χ0) is 20.5. The van der Waals surface area contributed by atoms with Gasteiger partial charge in [-0.2, -0.15) is 10.2 Å². The molecule has 1 aliphatic heterocycles. The fourth-order valence-corrected chi connectivity index (χ4v) is 3.15. The fourth-order valence-electron chi connectivity index (χ4n) is 3.15. The number of carbonyl (C=O) groups is 2. The molecule has 0 aromatic carbocycles. The zero-order valence-electron chi connectivity index (χ0n) is 17.0. The number of anilines is 1. The first-order valence-corrected chi connectivity index (χ1v) is 9.45. The van der Waals surface area contributed by atoms with E-state index < -0.39 is 0 Å². The average molecular weight is 388 g/mol. The van der Waals surface area contributed by atoms with E-state index >= 15 is 0 Å². The number of amides is 2. The molecule has 0 bridgehead atoms. The van der Waals surface area contributed by atoms with Gasteiger partial charge in [-0.05, 0) is 19.9 Å². The first kappa shape index (κ1) is 20.1. The Morgan fingerprint density at radius 3 is 2.57 bits per heavy atom. The number of nitrogens with zero attached hydrogens (tertiary/aromatic N) is 4. The first-order valence-electron chi connectivity index (χ1n) is 9.45. The zero-order valence-corrected chi connectivity index (χ0v) is 17.0. The molecule has 28 heavy (non-hydrogen) atoms. The van der Waals surface area contributed by atoms with Crippen molar-refractivity contribution in [1.82, 2.24) is 24.9 Å². The normalized spacial score (nSPS) is 20.2. The van der Waals surface area contributed by atoms with E-state index in [1.54, 1.807) is 17.2 Å². The molecule has 2 N–H and O–H groups in total. The third-order valence-electron chi connectivity index (χ3n) is 4.58. The highest BCUT2D eigenvalue weighted by Gasteiger charge is 2.26. The van der Waals surface area contributed by atoms with Crippen molar-refractivity contribution < 1.29 is 14.3 Å². The summed E-state index contributed by atoms with van der Waals surface area (Å²) in [5.74, 6) is -0.349. The molecule has 1 saturated heterocycles. The Morgan fingerprint density at radius 2 is 1.96 bits per heavy atom. The van der Waals surface area contributed by atoms with Crippen molar-refractivity contribution in [2.45, 2.75) is 58.8 Å². The minimum Gasteiger partial charge on any atom is -0.372 e. The lowest BCUT2D eigenvalue weighted by Crippen LogP contribution is -2.49. The maximum absolute atomic E-state index is 12.5. The monoisotopic (exact) mass is 388 g/mol. The van der Waals surface area contributed by atoms with E-state index in [0.717, 1.165) is 5.69 Å². The quantitative estimate of drug-likeness (QED) is 0.831. The standard InChI is InChI=1S/C19H28N6O3/c1-12-8-24(9-13(2)28-12)17(26)11-25-10-14(7-20-25)21-18(27)15-6-16(23-22-15)19(3,4)5/h6-7,10,12-13H,8-9,11H2,1-5H3,(H,21,27)(H,22,23). The molecule has 3 rings (SSSR count). The lowest BCUT2D eigenvalue weighted by molar-refractivity contribution is -0.144. The second kappa shape index (κ2) is 7.75. The molecule has 2 atom stereocenters. The van der Waals surface area contributed by atoms with E-state index in [0.29, 0.717) is 24.5 Å². The van der Waals surface area contributed by atoms with Gasteiger partial charge in [0.15, 0.2) is 5.69 Å². The Kier molecular flexibility index (Phi) is 5.55. The molecule has 0 aliphatic carbocycles. The van der Waals surface area contributed by atoms with Crippen molar-refractivity contribution in [2.75, 3.05) is 18.4 Å². The molecular weight excluding hydrogens is 360 g/mol. The molecule has 152 valence electrons. The number of H-pyrrole nitrogens is 1. The van der Waals surface area contributed by atoms with Gasteiger partial charge < -0.3 is 15.0 Å². The molecule has 3 heterocycles. The summed E-state index contributed by atoms with van der Waals surface area (Å²) in [6, 6.07) is 1.74. The number of hydrogen-bond donors (Lipinski definition) is 2. The third kappa shape index (κ3) is 4.78. The van der Waals surface area contributed by atoms with Crippen LogP contribution in [0.3, 0.4) is 0 Å². The molecule has 9 heteroatoms. The molecule has 2 unspecified atom stereocenters. The van der Waals surface area contributed by atoms with Crippen LogP contribution in [0.25, 0.3) is 0 Å². The van der Waals surface area contributed by atoms with Crippen molar-refractivity contribution in [3.8, 4) is 0 Å². The summed E-state index contributed by atoms with van der Waals surface area (Å²) in [5.41, 5.74) is 1.59. The van der Waals surface area contributed by atoms with Gasteiger partial charge in [0.25, 0.3) is 5.91 Å². The maximum atomic E-state index is 12.5. The van der Waals surface area contributed by atoms with Gasteiger partial charge >= 0.3 is 0 Å². The summed E-state index contributed by atoms with van der Waals surface area (Å²) in [6.07, 6.45) is 3.20. The van der Waals surface area contributed by atoms with Gasteiger partial charge in [-0.15, -0.1) is 0 Å². The highest BCUT2D eigenvalue weighted by atomic mass is 16.5. The maximum Gasteiger partial charge on any atom is 0.276 e. The molecule has 2 aromatic rings. The van der Waals surface area contributed by atoms with Crippen LogP contribution in [0, 0.1) is 0 Å². The van der Waals surface area contributed by atoms with Crippen LogP contribution in [0.4, 0.5) is 5.69 Å². The molecule has 1 aliphatic rings. The van der Waals surface area contributed by atoms with Crippen LogP contribution in [-0.4, -0.2) is 62.0 Å². The Morgan fingerprint density at radius 1 is 1.29 bits per heavy atom. The van der Waals surface area contributed by atoms with Gasteiger partial charge in [0.1, 0.15) is 6.54 Å². The molecule has 0 saturated carbocycles. The topological polar surface area (TPSA) is 105 Å². The Bertz CT molecular complexity index is 840. The molecule has 2 aromatic heterocycles. The number of aromatic nitrogens is 4. The first-order chi connectivity index (χ1) is 13.1. The van der Waals surface area contributed by atoms with E-state index in [-0.39, 0.29) is 36.0 Å². The molecule has 9 nitrogen and oxygen atoms in total. The third-order valence-corrected chi connectivity index (χ3v) is 4.58. The van der Waals surface area contributed by atoms with Gasteiger partial charge in [-0.1, -0.05) is 20.8 Å². The smallest absolute Gasteiger partial charge is 0.276 e. The molecule has 2 amide bonds. The van der Waals surface area contributed by atoms with E-state index in [1.165, 1.54) is 10.9 Å². The fraction of sp³-hybridized carbons (Fsp3) is 0.579. The van der Waals surface area contributed by atoms with Crippen LogP contribution in [0.15, 0.2) is 18.5 Å². The van der Waals surface area contributed by atoms with Crippen LogP contribution in [0.1, 0.15) is 50.8 Å². The SMILES string of the molecule is CC1CN(C(=O)Cn2cc(NC(=O)c3cc(C(C)(C)C)[nH]n3)cn2)CC(C)O1. The summed E-state index contributed by atoms with van der Waals surface area (Å²) < 4.78 is 7.18. The molecular formula is C19H28N6O3. The Labute approximate surface area is 164 Å². The lowest BCUT2D eigenvalue weighted by Gasteiger charge is -2.35. The van der Waals surface area contributed by atoms with Crippen LogP contribution in [-0.2, 0) is 21.5 Å². The summed E-state index contributed by atoms with van der Waals surface area (Å²) >= 11 is 0.